The highest BCUT2D eigenvalue weighted by molar-refractivity contribution is 6.42. The lowest BCUT2D eigenvalue weighted by molar-refractivity contribution is -0.129. The predicted molar refractivity (Wildman–Crippen MR) is 119 cm³/mol. The van der Waals surface area contributed by atoms with Crippen LogP contribution in [-0.2, 0) is 11.3 Å². The molecule has 2 heterocycles. The van der Waals surface area contributed by atoms with Gasteiger partial charge in [0.15, 0.2) is 0 Å². The van der Waals surface area contributed by atoms with Gasteiger partial charge in [0.2, 0.25) is 5.91 Å². The molecule has 1 atom stereocenters. The summed E-state index contributed by atoms with van der Waals surface area (Å²) in [4.78, 5) is 19.6. The number of nitrogens with zero attached hydrogens (tertiary/aromatic N) is 2. The van der Waals surface area contributed by atoms with Crippen LogP contribution in [0.5, 0.6) is 0 Å². The van der Waals surface area contributed by atoms with Gasteiger partial charge in [-0.15, -0.1) is 0 Å². The molecule has 0 unspecified atom stereocenters. The van der Waals surface area contributed by atoms with Crippen LogP contribution >= 0.6 is 23.2 Å². The van der Waals surface area contributed by atoms with Crippen molar-refractivity contribution in [1.29, 1.82) is 0 Å². The summed E-state index contributed by atoms with van der Waals surface area (Å²) in [7, 11) is 0. The van der Waals surface area contributed by atoms with Crippen molar-refractivity contribution in [2.45, 2.75) is 46.2 Å². The smallest absolute Gasteiger partial charge is 0.225 e. The molecule has 0 saturated carbocycles. The standard InChI is InChI=1S/C23H29Cl2N3O/c1-23(2,3)22(29)27-21(19-9-4-5-12-26-19)16-10-13-28(14-11-16)15-17-7-6-8-18(24)20(17)25/h4-9,12,16,21H,10-11,13-15H2,1-3H3,(H,27,29)/t21-/m1/s1. The van der Waals surface area contributed by atoms with Crippen molar-refractivity contribution in [1.82, 2.24) is 15.2 Å². The average Bonchev–Trinajstić information content (AvgIpc) is 2.70. The quantitative estimate of drug-likeness (QED) is 0.676. The summed E-state index contributed by atoms with van der Waals surface area (Å²) in [5, 5.41) is 4.50. The van der Waals surface area contributed by atoms with Gasteiger partial charge in [0.1, 0.15) is 0 Å². The van der Waals surface area contributed by atoms with E-state index in [0.29, 0.717) is 16.0 Å². The Kier molecular flexibility index (Phi) is 7.20. The first-order valence-electron chi connectivity index (χ1n) is 10.1. The van der Waals surface area contributed by atoms with E-state index in [2.05, 4.69) is 15.2 Å². The van der Waals surface area contributed by atoms with Gasteiger partial charge in [0.25, 0.3) is 0 Å². The number of likely N-dealkylation sites (tertiary alicyclic amines) is 1. The average molecular weight is 434 g/mol. The second-order valence-electron chi connectivity index (χ2n) is 8.78. The Labute approximate surface area is 183 Å². The van der Waals surface area contributed by atoms with Gasteiger partial charge < -0.3 is 5.32 Å². The van der Waals surface area contributed by atoms with Crippen molar-refractivity contribution in [3.63, 3.8) is 0 Å². The van der Waals surface area contributed by atoms with Crippen LogP contribution in [0.3, 0.4) is 0 Å². The minimum Gasteiger partial charge on any atom is -0.347 e. The molecular weight excluding hydrogens is 405 g/mol. The number of halogens is 2. The topological polar surface area (TPSA) is 45.2 Å². The third-order valence-corrected chi connectivity index (χ3v) is 6.36. The number of benzene rings is 1. The van der Waals surface area contributed by atoms with Gasteiger partial charge in [-0.05, 0) is 55.6 Å². The molecule has 4 nitrogen and oxygen atoms in total. The van der Waals surface area contributed by atoms with E-state index >= 15 is 0 Å². The Morgan fingerprint density at radius 2 is 1.90 bits per heavy atom. The fourth-order valence-electron chi connectivity index (χ4n) is 3.71. The number of aromatic nitrogens is 1. The fraction of sp³-hybridized carbons (Fsp3) is 0.478. The van der Waals surface area contributed by atoms with Crippen molar-refractivity contribution >= 4 is 29.1 Å². The molecule has 1 fully saturated rings. The summed E-state index contributed by atoms with van der Waals surface area (Å²) < 4.78 is 0. The lowest BCUT2D eigenvalue weighted by atomic mass is 9.85. The third-order valence-electron chi connectivity index (χ3n) is 5.50. The zero-order chi connectivity index (χ0) is 21.0. The summed E-state index contributed by atoms with van der Waals surface area (Å²) in [5.74, 6) is 0.406. The molecular formula is C23H29Cl2N3O. The second-order valence-corrected chi connectivity index (χ2v) is 9.57. The SMILES string of the molecule is CC(C)(C)C(=O)N[C@@H](c1ccccn1)C1CCN(Cc2cccc(Cl)c2Cl)CC1. The maximum Gasteiger partial charge on any atom is 0.225 e. The number of piperidine rings is 1. The van der Waals surface area contributed by atoms with Crippen molar-refractivity contribution in [3.05, 3.63) is 63.9 Å². The van der Waals surface area contributed by atoms with Gasteiger partial charge in [0.05, 0.1) is 21.8 Å². The lowest BCUT2D eigenvalue weighted by Gasteiger charge is -2.37. The molecule has 1 aromatic carbocycles. The summed E-state index contributed by atoms with van der Waals surface area (Å²) in [5.41, 5.74) is 1.55. The minimum absolute atomic E-state index is 0.0568. The third kappa shape index (κ3) is 5.71. The number of nitrogens with one attached hydrogen (secondary N) is 1. The van der Waals surface area contributed by atoms with E-state index in [1.165, 1.54) is 0 Å². The van der Waals surface area contributed by atoms with Crippen LogP contribution in [0.25, 0.3) is 0 Å². The number of amides is 1. The van der Waals surface area contributed by atoms with Crippen molar-refractivity contribution in [2.24, 2.45) is 11.3 Å². The molecule has 1 N–H and O–H groups in total. The summed E-state index contributed by atoms with van der Waals surface area (Å²) in [6.45, 7) is 8.50. The number of carbonyl (C=O) groups excluding carboxylic acids is 1. The van der Waals surface area contributed by atoms with Gasteiger partial charge >= 0.3 is 0 Å². The van der Waals surface area contributed by atoms with Crippen LogP contribution in [0.1, 0.15) is 50.9 Å². The van der Waals surface area contributed by atoms with Crippen LogP contribution in [0.2, 0.25) is 10.0 Å². The van der Waals surface area contributed by atoms with Crippen LogP contribution in [0.15, 0.2) is 42.6 Å². The molecule has 1 amide bonds. The zero-order valence-corrected chi connectivity index (χ0v) is 18.8. The molecule has 0 radical (unpaired) electrons. The molecule has 6 heteroatoms. The number of pyridine rings is 1. The van der Waals surface area contributed by atoms with E-state index in [1.54, 1.807) is 6.20 Å². The van der Waals surface area contributed by atoms with Crippen molar-refractivity contribution in [2.75, 3.05) is 13.1 Å². The van der Waals surface area contributed by atoms with Crippen LogP contribution in [0, 0.1) is 11.3 Å². The Morgan fingerprint density at radius 1 is 1.17 bits per heavy atom. The Morgan fingerprint density at radius 3 is 2.52 bits per heavy atom. The predicted octanol–water partition coefficient (Wildman–Crippen LogP) is 5.50. The normalized spacial score (nSPS) is 17.1. The fourth-order valence-corrected chi connectivity index (χ4v) is 4.09. The molecule has 156 valence electrons. The van der Waals surface area contributed by atoms with Gasteiger partial charge in [-0.3, -0.25) is 14.7 Å². The largest absolute Gasteiger partial charge is 0.347 e. The maximum atomic E-state index is 12.7. The van der Waals surface area contributed by atoms with Crippen molar-refractivity contribution in [3.8, 4) is 0 Å². The molecule has 3 rings (SSSR count). The lowest BCUT2D eigenvalue weighted by Crippen LogP contribution is -2.44. The number of rotatable bonds is 5. The summed E-state index contributed by atoms with van der Waals surface area (Å²) >= 11 is 12.5. The Bertz CT molecular complexity index is 828. The molecule has 0 aliphatic carbocycles. The van der Waals surface area contributed by atoms with Gasteiger partial charge in [0, 0.05) is 18.2 Å². The van der Waals surface area contributed by atoms with E-state index in [4.69, 9.17) is 23.2 Å². The highest BCUT2D eigenvalue weighted by Crippen LogP contribution is 2.33. The van der Waals surface area contributed by atoms with Crippen LogP contribution in [0.4, 0.5) is 0 Å². The first-order chi connectivity index (χ1) is 13.8. The Balaban J connectivity index is 1.68. The monoisotopic (exact) mass is 433 g/mol. The molecule has 2 aromatic rings. The summed E-state index contributed by atoms with van der Waals surface area (Å²) in [6.07, 6.45) is 3.77. The number of hydrogen-bond acceptors (Lipinski definition) is 3. The van der Waals surface area contributed by atoms with E-state index in [0.717, 1.165) is 43.7 Å². The molecule has 1 aromatic heterocycles. The summed E-state index contributed by atoms with van der Waals surface area (Å²) in [6, 6.07) is 11.6. The number of hydrogen-bond donors (Lipinski definition) is 1. The molecule has 1 saturated heterocycles. The maximum absolute atomic E-state index is 12.7. The van der Waals surface area contributed by atoms with Crippen LogP contribution < -0.4 is 5.32 Å². The van der Waals surface area contributed by atoms with E-state index in [1.807, 2.05) is 57.2 Å². The zero-order valence-electron chi connectivity index (χ0n) is 17.3. The van der Waals surface area contributed by atoms with Gasteiger partial charge in [-0.2, -0.15) is 0 Å². The minimum atomic E-state index is -0.433. The highest BCUT2D eigenvalue weighted by Gasteiger charge is 2.32. The van der Waals surface area contributed by atoms with E-state index in [-0.39, 0.29) is 11.9 Å². The van der Waals surface area contributed by atoms with E-state index in [9.17, 15) is 4.79 Å². The molecule has 0 spiro atoms. The first-order valence-corrected chi connectivity index (χ1v) is 10.9. The second kappa shape index (κ2) is 9.46. The highest BCUT2D eigenvalue weighted by atomic mass is 35.5. The molecule has 0 bridgehead atoms. The van der Waals surface area contributed by atoms with E-state index < -0.39 is 5.41 Å². The van der Waals surface area contributed by atoms with Crippen molar-refractivity contribution < 1.29 is 4.79 Å². The first kappa shape index (κ1) is 22.1. The number of carbonyl (C=O) groups is 1. The molecule has 1 aliphatic rings. The molecule has 29 heavy (non-hydrogen) atoms. The van der Waals surface area contributed by atoms with Crippen LogP contribution in [-0.4, -0.2) is 28.9 Å². The molecule has 1 aliphatic heterocycles. The van der Waals surface area contributed by atoms with Gasteiger partial charge in [-0.25, -0.2) is 0 Å². The Hall–Kier alpha value is -1.62. The van der Waals surface area contributed by atoms with Gasteiger partial charge in [-0.1, -0.05) is 62.2 Å².